The van der Waals surface area contributed by atoms with E-state index in [2.05, 4.69) is 35.6 Å². The van der Waals surface area contributed by atoms with Crippen LogP contribution in [0.25, 0.3) is 21.9 Å². The van der Waals surface area contributed by atoms with E-state index in [4.69, 9.17) is 29.2 Å². The number of esters is 1. The number of anilines is 1. The van der Waals surface area contributed by atoms with E-state index in [1.54, 1.807) is 45.0 Å². The fraction of sp³-hybridized carbons (Fsp3) is 0.371. The summed E-state index contributed by atoms with van der Waals surface area (Å²) in [5.41, 5.74) is 5.34. The van der Waals surface area contributed by atoms with Gasteiger partial charge in [-0.15, -0.1) is 0 Å². The molecule has 17 heteroatoms. The van der Waals surface area contributed by atoms with Crippen LogP contribution >= 0.6 is 24.1 Å². The molecule has 7 atom stereocenters. The van der Waals surface area contributed by atoms with E-state index in [1.807, 2.05) is 36.4 Å². The minimum absolute atomic E-state index is 0.0790. The summed E-state index contributed by atoms with van der Waals surface area (Å²) in [4.78, 5) is 39.4. The zero-order chi connectivity index (χ0) is 37.3. The molecule has 1 aliphatic heterocycles. The van der Waals surface area contributed by atoms with Crippen molar-refractivity contribution in [2.24, 2.45) is 10.7 Å². The molecule has 0 spiro atoms. The molecular weight excluding hydrogens is 759 g/mol. The zero-order valence-corrected chi connectivity index (χ0v) is 31.4. The number of nitrogens with zero attached hydrogens (tertiary/aromatic N) is 5. The first-order chi connectivity index (χ1) is 24.8. The van der Waals surface area contributed by atoms with Crippen LogP contribution in [-0.2, 0) is 14.3 Å². The summed E-state index contributed by atoms with van der Waals surface area (Å²) in [6.45, 7) is 6.46. The van der Waals surface area contributed by atoms with Crippen molar-refractivity contribution in [3.8, 4) is 17.4 Å². The van der Waals surface area contributed by atoms with Crippen LogP contribution in [-0.4, -0.2) is 73.3 Å². The summed E-state index contributed by atoms with van der Waals surface area (Å²) in [6, 6.07) is 17.0. The monoisotopic (exact) mass is 796 g/mol. The average Bonchev–Trinajstić information content (AvgIpc) is 3.62. The summed E-state index contributed by atoms with van der Waals surface area (Å²) >= 11 is 3.48. The number of aliphatic hydroxyl groups excluding tert-OH is 1. The Kier molecular flexibility index (Phi) is 11.0. The van der Waals surface area contributed by atoms with E-state index in [0.717, 1.165) is 15.4 Å². The maximum absolute atomic E-state index is 13.5. The van der Waals surface area contributed by atoms with Crippen molar-refractivity contribution in [3.05, 3.63) is 77.0 Å². The molecule has 4 N–H and O–H groups in total. The third kappa shape index (κ3) is 7.40. The second kappa shape index (κ2) is 15.3. The number of aromatic nitrogens is 4. The fourth-order valence-corrected chi connectivity index (χ4v) is 7.53. The first-order valence-corrected chi connectivity index (χ1v) is 18.3. The molecular formula is C35H38BrN6O9P. The molecule has 3 aromatic carbocycles. The van der Waals surface area contributed by atoms with Crippen LogP contribution in [0, 0.1) is 5.92 Å². The summed E-state index contributed by atoms with van der Waals surface area (Å²) in [5, 5.41) is 24.0. The number of carbonyl (C=O) groups is 1. The Bertz CT molecular complexity index is 2130. The van der Waals surface area contributed by atoms with Crippen molar-refractivity contribution in [2.75, 3.05) is 19.5 Å². The van der Waals surface area contributed by atoms with Crippen molar-refractivity contribution < 1.29 is 43.4 Å². The number of benzene rings is 3. The van der Waals surface area contributed by atoms with Gasteiger partial charge in [-0.25, -0.2) is 9.78 Å². The Morgan fingerprint density at radius 1 is 1.15 bits per heavy atom. The Hall–Kier alpha value is -4.44. The van der Waals surface area contributed by atoms with Crippen LogP contribution in [0.15, 0.2) is 76.2 Å². The highest BCUT2D eigenvalue weighted by Crippen LogP contribution is 2.43. The predicted octanol–water partition coefficient (Wildman–Crippen LogP) is 4.98. The lowest BCUT2D eigenvalue weighted by Gasteiger charge is -2.27. The van der Waals surface area contributed by atoms with Gasteiger partial charge in [0.25, 0.3) is 0 Å². The van der Waals surface area contributed by atoms with Crippen molar-refractivity contribution >= 4 is 58.0 Å². The minimum atomic E-state index is -2.82. The van der Waals surface area contributed by atoms with Crippen molar-refractivity contribution in [3.63, 3.8) is 0 Å². The molecule has 6 rings (SSSR count). The predicted molar refractivity (Wildman–Crippen MR) is 194 cm³/mol. The largest absolute Gasteiger partial charge is 0.575 e. The second-order valence-corrected chi connectivity index (χ2v) is 14.5. The summed E-state index contributed by atoms with van der Waals surface area (Å²) < 4.78 is 35.7. The Morgan fingerprint density at radius 2 is 1.88 bits per heavy atom. The maximum atomic E-state index is 13.5. The van der Waals surface area contributed by atoms with Gasteiger partial charge >= 0.3 is 14.1 Å². The SMILES string of the molecule is COc1nc(N)nc2c1ncn2C1O[C@H](COc2ccc3ccccc3c2O[P+]([O-])=N[C@H](C(=O)O[C@@H](C)c2ccccc2Br)C(C)C)[C@@H](O)[C@@]1(C)O. The van der Waals surface area contributed by atoms with E-state index in [0.29, 0.717) is 5.39 Å². The van der Waals surface area contributed by atoms with Gasteiger partial charge in [0.1, 0.15) is 30.5 Å². The first-order valence-electron chi connectivity index (χ1n) is 16.4. The maximum Gasteiger partial charge on any atom is 0.395 e. The number of halogens is 1. The van der Waals surface area contributed by atoms with E-state index in [-0.39, 0.29) is 47.0 Å². The third-order valence-corrected chi connectivity index (χ3v) is 10.2. The molecule has 5 aromatic rings. The molecule has 0 radical (unpaired) electrons. The van der Waals surface area contributed by atoms with Gasteiger partial charge in [-0.1, -0.05) is 83.1 Å². The van der Waals surface area contributed by atoms with Gasteiger partial charge in [-0.3, -0.25) is 9.09 Å². The number of ether oxygens (including phenoxy) is 4. The molecule has 15 nitrogen and oxygen atoms in total. The van der Waals surface area contributed by atoms with Crippen LogP contribution in [0.3, 0.4) is 0 Å². The molecule has 2 unspecified atom stereocenters. The van der Waals surface area contributed by atoms with Crippen LogP contribution in [0.1, 0.15) is 45.6 Å². The number of methoxy groups -OCH3 is 1. The van der Waals surface area contributed by atoms with Crippen molar-refractivity contribution in [1.29, 1.82) is 0 Å². The van der Waals surface area contributed by atoms with Gasteiger partial charge < -0.3 is 39.8 Å². The van der Waals surface area contributed by atoms with Gasteiger partial charge in [-0.2, -0.15) is 9.97 Å². The molecule has 0 amide bonds. The lowest BCUT2D eigenvalue weighted by atomic mass is 9.96. The number of hydrogen-bond acceptors (Lipinski definition) is 14. The van der Waals surface area contributed by atoms with Crippen molar-refractivity contribution in [1.82, 2.24) is 19.5 Å². The molecule has 1 saturated heterocycles. The molecule has 1 aliphatic rings. The van der Waals surface area contributed by atoms with Crippen LogP contribution in [0.5, 0.6) is 17.4 Å². The molecule has 2 aromatic heterocycles. The number of carbonyl (C=O) groups excluding carboxylic acids is 1. The summed E-state index contributed by atoms with van der Waals surface area (Å²) in [7, 11) is -1.40. The van der Waals surface area contributed by atoms with E-state index < -0.39 is 50.3 Å². The highest BCUT2D eigenvalue weighted by atomic mass is 79.9. The smallest absolute Gasteiger partial charge is 0.395 e. The molecule has 52 heavy (non-hydrogen) atoms. The Balaban J connectivity index is 1.23. The lowest BCUT2D eigenvalue weighted by molar-refractivity contribution is -0.170. The summed E-state index contributed by atoms with van der Waals surface area (Å²) in [6.07, 6.45) is -2.84. The number of aliphatic hydroxyl groups is 2. The van der Waals surface area contributed by atoms with E-state index >= 15 is 0 Å². The van der Waals surface area contributed by atoms with Crippen LogP contribution in [0.2, 0.25) is 0 Å². The molecule has 0 bridgehead atoms. The molecule has 274 valence electrons. The normalized spacial score (nSPS) is 21.7. The Labute approximate surface area is 308 Å². The van der Waals surface area contributed by atoms with E-state index in [9.17, 15) is 19.9 Å². The molecule has 1 fully saturated rings. The van der Waals surface area contributed by atoms with E-state index in [1.165, 1.54) is 24.9 Å². The van der Waals surface area contributed by atoms with Gasteiger partial charge in [0, 0.05) is 15.4 Å². The van der Waals surface area contributed by atoms with Crippen molar-refractivity contribution in [2.45, 2.75) is 63.9 Å². The van der Waals surface area contributed by atoms with Gasteiger partial charge in [-0.05, 0) is 37.3 Å². The number of imidazole rings is 1. The third-order valence-electron chi connectivity index (χ3n) is 8.75. The van der Waals surface area contributed by atoms with Gasteiger partial charge in [0.15, 0.2) is 29.2 Å². The molecule has 3 heterocycles. The lowest BCUT2D eigenvalue weighted by Crippen LogP contribution is -2.44. The van der Waals surface area contributed by atoms with Crippen LogP contribution in [0.4, 0.5) is 5.95 Å². The van der Waals surface area contributed by atoms with Gasteiger partial charge in [0.2, 0.25) is 17.6 Å². The number of hydrogen-bond donors (Lipinski definition) is 3. The number of nitrogens with two attached hydrogens (primary N) is 1. The fourth-order valence-electron chi connectivity index (χ4n) is 5.97. The molecule has 0 saturated carbocycles. The summed E-state index contributed by atoms with van der Waals surface area (Å²) in [5.74, 6) is -0.670. The highest BCUT2D eigenvalue weighted by molar-refractivity contribution is 9.10. The Morgan fingerprint density at radius 3 is 2.62 bits per heavy atom. The standard InChI is InChI=1S/C35H38BrN6O9P/c1-18(2)26(32(44)49-19(3)21-11-8-9-13-23(21)36)41-52(46)51-28-22-12-7-6-10-20(22)14-15-24(28)48-16-25-29(43)35(4,45)33(50-25)42-17-38-27-30(42)39-34(37)40-31(27)47-5/h6-15,17-19,25-26,29,33,43,45H,16H2,1-5H3,(H2,37,39,40)/t19-,25+,26-,29+,33?,35+/m0/s1. The zero-order valence-electron chi connectivity index (χ0n) is 28.9. The number of rotatable bonds is 12. The highest BCUT2D eigenvalue weighted by Gasteiger charge is 2.54. The first kappa shape index (κ1) is 37.3. The minimum Gasteiger partial charge on any atom is -0.575 e. The molecule has 0 aliphatic carbocycles. The number of fused-ring (bicyclic) bond motifs is 2. The average molecular weight is 798 g/mol. The van der Waals surface area contributed by atoms with Gasteiger partial charge in [0.05, 0.1) is 13.4 Å². The topological polar surface area (TPSA) is 209 Å². The number of nitrogen functional groups attached to an aromatic ring is 1. The quantitative estimate of drug-likeness (QED) is 0.113. The second-order valence-electron chi connectivity index (χ2n) is 12.8. The van der Waals surface area contributed by atoms with Crippen LogP contribution < -0.4 is 24.6 Å².